The number of hydrogen-bond acceptors (Lipinski definition) is 3. The summed E-state index contributed by atoms with van der Waals surface area (Å²) in [5, 5.41) is 0. The predicted molar refractivity (Wildman–Crippen MR) is 64.8 cm³/mol. The molecule has 0 amide bonds. The van der Waals surface area contributed by atoms with Crippen molar-refractivity contribution < 1.29 is 4.39 Å². The van der Waals surface area contributed by atoms with Crippen molar-refractivity contribution in [1.82, 2.24) is 9.97 Å². The van der Waals surface area contributed by atoms with Crippen molar-refractivity contribution in [3.8, 4) is 11.4 Å². The molecule has 0 saturated heterocycles. The lowest BCUT2D eigenvalue weighted by molar-refractivity contribution is 0.619. The van der Waals surface area contributed by atoms with E-state index in [0.717, 1.165) is 11.4 Å². The number of aromatic nitrogens is 2. The van der Waals surface area contributed by atoms with Crippen LogP contribution in [-0.4, -0.2) is 9.97 Å². The number of benzene rings is 1. The predicted octanol–water partition coefficient (Wildman–Crippen LogP) is 2.36. The zero-order valence-electron chi connectivity index (χ0n) is 9.87. The highest BCUT2D eigenvalue weighted by molar-refractivity contribution is 5.56. The summed E-state index contributed by atoms with van der Waals surface area (Å²) in [4.78, 5) is 8.58. The SMILES string of the molecule is Cc1cc(CN)nc(-c2ccc(C)c(F)c2)n1. The van der Waals surface area contributed by atoms with Crippen LogP contribution in [0.5, 0.6) is 0 Å². The van der Waals surface area contributed by atoms with Crippen molar-refractivity contribution in [2.45, 2.75) is 20.4 Å². The molecule has 0 spiro atoms. The van der Waals surface area contributed by atoms with Crippen molar-refractivity contribution in [1.29, 1.82) is 0 Å². The molecule has 1 aromatic carbocycles. The smallest absolute Gasteiger partial charge is 0.159 e. The van der Waals surface area contributed by atoms with E-state index in [4.69, 9.17) is 5.73 Å². The van der Waals surface area contributed by atoms with Gasteiger partial charge in [-0.2, -0.15) is 0 Å². The quantitative estimate of drug-likeness (QED) is 0.863. The van der Waals surface area contributed by atoms with Crippen LogP contribution >= 0.6 is 0 Å². The number of hydrogen-bond donors (Lipinski definition) is 1. The Morgan fingerprint density at radius 2 is 1.94 bits per heavy atom. The van der Waals surface area contributed by atoms with E-state index in [9.17, 15) is 4.39 Å². The van der Waals surface area contributed by atoms with Gasteiger partial charge in [-0.1, -0.05) is 12.1 Å². The average Bonchev–Trinajstić information content (AvgIpc) is 2.32. The molecular weight excluding hydrogens is 217 g/mol. The number of aryl methyl sites for hydroxylation is 2. The molecule has 2 N–H and O–H groups in total. The van der Waals surface area contributed by atoms with Crippen LogP contribution in [0, 0.1) is 19.7 Å². The molecule has 0 aliphatic rings. The maximum atomic E-state index is 13.5. The molecule has 1 aromatic heterocycles. The summed E-state index contributed by atoms with van der Waals surface area (Å²) in [6.45, 7) is 3.95. The van der Waals surface area contributed by atoms with Crippen LogP contribution in [0.1, 0.15) is 17.0 Å². The number of halogens is 1. The Bertz CT molecular complexity index is 552. The molecule has 0 bridgehead atoms. The first-order valence-electron chi connectivity index (χ1n) is 5.41. The first kappa shape index (κ1) is 11.7. The van der Waals surface area contributed by atoms with Crippen LogP contribution in [0.2, 0.25) is 0 Å². The molecule has 4 heteroatoms. The molecule has 0 saturated carbocycles. The van der Waals surface area contributed by atoms with Gasteiger partial charge in [0.05, 0.1) is 5.69 Å². The highest BCUT2D eigenvalue weighted by Gasteiger charge is 2.06. The van der Waals surface area contributed by atoms with E-state index in [1.807, 2.05) is 19.1 Å². The Hall–Kier alpha value is -1.81. The molecule has 2 aromatic rings. The zero-order chi connectivity index (χ0) is 12.4. The van der Waals surface area contributed by atoms with Gasteiger partial charge >= 0.3 is 0 Å². The van der Waals surface area contributed by atoms with Gasteiger partial charge in [0.15, 0.2) is 5.82 Å². The van der Waals surface area contributed by atoms with E-state index in [-0.39, 0.29) is 5.82 Å². The fraction of sp³-hybridized carbons (Fsp3) is 0.231. The van der Waals surface area contributed by atoms with Crippen molar-refractivity contribution in [3.05, 3.63) is 47.0 Å². The topological polar surface area (TPSA) is 51.8 Å². The summed E-state index contributed by atoms with van der Waals surface area (Å²) in [5.41, 5.74) is 8.43. The lowest BCUT2D eigenvalue weighted by Gasteiger charge is -2.05. The maximum absolute atomic E-state index is 13.5. The fourth-order valence-corrected chi connectivity index (χ4v) is 1.60. The van der Waals surface area contributed by atoms with Gasteiger partial charge in [-0.3, -0.25) is 0 Å². The van der Waals surface area contributed by atoms with Gasteiger partial charge in [-0.05, 0) is 31.5 Å². The minimum atomic E-state index is -0.248. The summed E-state index contributed by atoms with van der Waals surface area (Å²) >= 11 is 0. The minimum Gasteiger partial charge on any atom is -0.325 e. The summed E-state index contributed by atoms with van der Waals surface area (Å²) in [6, 6.07) is 6.81. The Labute approximate surface area is 99.5 Å². The fourth-order valence-electron chi connectivity index (χ4n) is 1.60. The summed E-state index contributed by atoms with van der Waals surface area (Å²) in [7, 11) is 0. The van der Waals surface area contributed by atoms with E-state index in [1.165, 1.54) is 6.07 Å². The zero-order valence-corrected chi connectivity index (χ0v) is 9.87. The summed E-state index contributed by atoms with van der Waals surface area (Å²) < 4.78 is 13.5. The molecule has 0 radical (unpaired) electrons. The van der Waals surface area contributed by atoms with Gasteiger partial charge in [-0.25, -0.2) is 14.4 Å². The van der Waals surface area contributed by atoms with Gasteiger partial charge in [0.25, 0.3) is 0 Å². The minimum absolute atomic E-state index is 0.248. The van der Waals surface area contributed by atoms with Crippen molar-refractivity contribution in [2.75, 3.05) is 0 Å². The largest absolute Gasteiger partial charge is 0.325 e. The number of nitrogens with two attached hydrogens (primary N) is 1. The average molecular weight is 231 g/mol. The van der Waals surface area contributed by atoms with E-state index in [2.05, 4.69) is 9.97 Å². The third-order valence-electron chi connectivity index (χ3n) is 2.55. The Morgan fingerprint density at radius 3 is 2.59 bits per heavy atom. The van der Waals surface area contributed by atoms with Gasteiger partial charge in [0, 0.05) is 17.8 Å². The molecule has 0 aliphatic carbocycles. The molecule has 0 fully saturated rings. The highest BCUT2D eigenvalue weighted by Crippen LogP contribution is 2.19. The van der Waals surface area contributed by atoms with Crippen LogP contribution in [0.4, 0.5) is 4.39 Å². The molecule has 88 valence electrons. The van der Waals surface area contributed by atoms with Crippen LogP contribution in [0.3, 0.4) is 0 Å². The second-order valence-electron chi connectivity index (χ2n) is 3.99. The lowest BCUT2D eigenvalue weighted by Crippen LogP contribution is -2.03. The number of nitrogens with zero attached hydrogens (tertiary/aromatic N) is 2. The third-order valence-corrected chi connectivity index (χ3v) is 2.55. The normalized spacial score (nSPS) is 10.6. The van der Waals surface area contributed by atoms with Crippen LogP contribution in [0.25, 0.3) is 11.4 Å². The van der Waals surface area contributed by atoms with E-state index in [0.29, 0.717) is 23.5 Å². The molecule has 3 nitrogen and oxygen atoms in total. The van der Waals surface area contributed by atoms with Gasteiger partial charge in [0.1, 0.15) is 5.82 Å². The monoisotopic (exact) mass is 231 g/mol. The summed E-state index contributed by atoms with van der Waals surface area (Å²) in [5.74, 6) is 0.270. The van der Waals surface area contributed by atoms with Crippen molar-refractivity contribution >= 4 is 0 Å². The third kappa shape index (κ3) is 2.47. The van der Waals surface area contributed by atoms with E-state index < -0.39 is 0 Å². The van der Waals surface area contributed by atoms with Crippen LogP contribution in [0.15, 0.2) is 24.3 Å². The second kappa shape index (κ2) is 4.59. The Morgan fingerprint density at radius 1 is 1.18 bits per heavy atom. The second-order valence-corrected chi connectivity index (χ2v) is 3.99. The van der Waals surface area contributed by atoms with E-state index in [1.54, 1.807) is 13.0 Å². The van der Waals surface area contributed by atoms with E-state index >= 15 is 0 Å². The first-order valence-corrected chi connectivity index (χ1v) is 5.41. The molecule has 0 aliphatic heterocycles. The standard InChI is InChI=1S/C13H14FN3/c1-8-3-4-10(6-12(8)14)13-16-9(2)5-11(7-15)17-13/h3-6H,7,15H2,1-2H3. The van der Waals surface area contributed by atoms with Crippen molar-refractivity contribution in [3.63, 3.8) is 0 Å². The molecule has 2 rings (SSSR count). The van der Waals surface area contributed by atoms with Gasteiger partial charge in [-0.15, -0.1) is 0 Å². The van der Waals surface area contributed by atoms with Gasteiger partial charge in [0.2, 0.25) is 0 Å². The number of rotatable bonds is 2. The van der Waals surface area contributed by atoms with Gasteiger partial charge < -0.3 is 5.73 Å². The Balaban J connectivity index is 2.52. The van der Waals surface area contributed by atoms with Crippen molar-refractivity contribution in [2.24, 2.45) is 5.73 Å². The molecule has 1 heterocycles. The molecule has 17 heavy (non-hydrogen) atoms. The molecule has 0 atom stereocenters. The Kier molecular flexibility index (Phi) is 3.15. The molecule has 0 unspecified atom stereocenters. The van der Waals surface area contributed by atoms with Crippen LogP contribution in [-0.2, 0) is 6.54 Å². The van der Waals surface area contributed by atoms with Crippen LogP contribution < -0.4 is 5.73 Å². The summed E-state index contributed by atoms with van der Waals surface area (Å²) in [6.07, 6.45) is 0. The highest BCUT2D eigenvalue weighted by atomic mass is 19.1. The molecular formula is C13H14FN3. The lowest BCUT2D eigenvalue weighted by atomic mass is 10.1. The maximum Gasteiger partial charge on any atom is 0.159 e. The first-order chi connectivity index (χ1) is 8.10.